The molecule has 12 N–H and O–H groups in total. The number of phenolic OH excluding ortho intramolecular Hbond substituents is 6. The summed E-state index contributed by atoms with van der Waals surface area (Å²) in [4.78, 5) is 12.6. The number of aliphatic hydroxyl groups excluding tert-OH is 6. The zero-order chi connectivity index (χ0) is 39.7. The van der Waals surface area contributed by atoms with Crippen LogP contribution < -0.4 is 4.74 Å². The predicted molar refractivity (Wildman–Crippen MR) is 181 cm³/mol. The van der Waals surface area contributed by atoms with Crippen molar-refractivity contribution in [2.24, 2.45) is 0 Å². The minimum absolute atomic E-state index is 0.00550. The summed E-state index contributed by atoms with van der Waals surface area (Å²) in [6.07, 6.45) is -15.9. The van der Waals surface area contributed by atoms with Gasteiger partial charge >= 0.3 is 5.97 Å². The quantitative estimate of drug-likeness (QED) is 0.0688. The van der Waals surface area contributed by atoms with E-state index in [9.17, 15) is 66.1 Å². The standard InChI is InChI=1S/C36H38O19/c37-12-25-28(45)30(47)32(49)35(53-25)55-34-31(48)29(46)26(13-50-27(44)6-2-14-1-4-18(39)21(42)7-14)54-36(34)52-24-11-17-20(41)9-16(38)10-23(17)51-33(24)15-3-5-19(40)22(43)8-15/h1-11,25-26,28-43,45-49H,12-13H2. The van der Waals surface area contributed by atoms with Crippen molar-refractivity contribution in [3.8, 4) is 40.2 Å². The Morgan fingerprint density at radius 2 is 1.38 bits per heavy atom. The Morgan fingerprint density at radius 1 is 0.709 bits per heavy atom. The number of aliphatic hydroxyl groups is 6. The summed E-state index contributed by atoms with van der Waals surface area (Å²) in [6, 6.07) is 9.59. The van der Waals surface area contributed by atoms with Gasteiger partial charge in [-0.05, 0) is 42.0 Å². The number of ether oxygens (including phenoxy) is 6. The largest absolute Gasteiger partial charge is 0.508 e. The molecule has 2 saturated heterocycles. The summed E-state index contributed by atoms with van der Waals surface area (Å²) in [5, 5.41) is 124. The highest BCUT2D eigenvalue weighted by Gasteiger charge is 2.52. The van der Waals surface area contributed by atoms with Crippen molar-refractivity contribution in [1.82, 2.24) is 0 Å². The van der Waals surface area contributed by atoms with Gasteiger partial charge in [0, 0.05) is 23.8 Å². The maximum atomic E-state index is 12.6. The van der Waals surface area contributed by atoms with E-state index in [1.807, 2.05) is 0 Å². The second-order valence-electron chi connectivity index (χ2n) is 12.8. The van der Waals surface area contributed by atoms with E-state index in [-0.39, 0.29) is 34.1 Å². The van der Waals surface area contributed by atoms with Crippen LogP contribution in [0.4, 0.5) is 0 Å². The lowest BCUT2D eigenvalue weighted by atomic mass is 9.97. The molecule has 3 aliphatic heterocycles. The maximum absolute atomic E-state index is 12.6. The maximum Gasteiger partial charge on any atom is 0.330 e. The van der Waals surface area contributed by atoms with Gasteiger partial charge in [0.1, 0.15) is 72.3 Å². The number of rotatable bonds is 10. The van der Waals surface area contributed by atoms with Gasteiger partial charge in [0.25, 0.3) is 0 Å². The van der Waals surface area contributed by atoms with Crippen molar-refractivity contribution in [2.75, 3.05) is 13.2 Å². The molecule has 19 heteroatoms. The molecular weight excluding hydrogens is 736 g/mol. The molecule has 3 aliphatic rings. The Balaban J connectivity index is 1.31. The van der Waals surface area contributed by atoms with Crippen molar-refractivity contribution in [3.63, 3.8) is 0 Å². The van der Waals surface area contributed by atoms with Gasteiger partial charge < -0.3 is 89.7 Å². The highest BCUT2D eigenvalue weighted by atomic mass is 16.8. The van der Waals surface area contributed by atoms with Crippen LogP contribution in [0.3, 0.4) is 0 Å². The van der Waals surface area contributed by atoms with Crippen LogP contribution in [-0.2, 0) is 28.5 Å². The number of aromatic hydroxyl groups is 6. The van der Waals surface area contributed by atoms with Crippen molar-refractivity contribution >= 4 is 18.1 Å². The van der Waals surface area contributed by atoms with Crippen molar-refractivity contribution < 1.29 is 94.5 Å². The van der Waals surface area contributed by atoms with E-state index in [4.69, 9.17) is 28.4 Å². The fraction of sp³-hybridized carbons (Fsp3) is 0.361. The summed E-state index contributed by atoms with van der Waals surface area (Å²) < 4.78 is 34.7. The highest BCUT2D eigenvalue weighted by molar-refractivity contribution is 5.87. The molecule has 11 atom stereocenters. The van der Waals surface area contributed by atoms with Crippen LogP contribution in [-0.4, -0.2) is 142 Å². The van der Waals surface area contributed by atoms with Gasteiger partial charge in [0.05, 0.1) is 12.2 Å². The first-order valence-corrected chi connectivity index (χ1v) is 16.6. The minimum Gasteiger partial charge on any atom is -0.508 e. The normalized spacial score (nSPS) is 30.6. The second kappa shape index (κ2) is 16.2. The van der Waals surface area contributed by atoms with Gasteiger partial charge in [0.15, 0.2) is 41.5 Å². The molecule has 0 spiro atoms. The molecule has 0 saturated carbocycles. The Hall–Kier alpha value is -5.35. The SMILES string of the molecule is O=C(C=Cc1ccc(O)c(O)c1)OCC1OC(OC2=Cc3c(O)cc(O)cc3OC2c2ccc(O)c(O)c2)C(OC2OC(CO)C(O)C(O)C2O)C(O)C1O. The van der Waals surface area contributed by atoms with Crippen LogP contribution in [0.1, 0.15) is 22.8 Å². The molecule has 2 fully saturated rings. The summed E-state index contributed by atoms with van der Waals surface area (Å²) >= 11 is 0. The Bertz CT molecular complexity index is 1930. The molecular formula is C36H38O19. The van der Waals surface area contributed by atoms with E-state index in [2.05, 4.69) is 0 Å². The van der Waals surface area contributed by atoms with E-state index >= 15 is 0 Å². The molecule has 19 nitrogen and oxygen atoms in total. The first kappa shape index (κ1) is 39.3. The summed E-state index contributed by atoms with van der Waals surface area (Å²) in [5.41, 5.74) is 0.465. The van der Waals surface area contributed by atoms with Gasteiger partial charge in [-0.25, -0.2) is 4.79 Å². The fourth-order valence-electron chi connectivity index (χ4n) is 6.05. The Kier molecular flexibility index (Phi) is 11.6. The number of fused-ring (bicyclic) bond motifs is 1. The zero-order valence-corrected chi connectivity index (χ0v) is 28.3. The summed E-state index contributed by atoms with van der Waals surface area (Å²) in [7, 11) is 0. The third-order valence-corrected chi connectivity index (χ3v) is 9.03. The summed E-state index contributed by atoms with van der Waals surface area (Å²) in [6.45, 7) is -1.53. The lowest BCUT2D eigenvalue weighted by Crippen LogP contribution is -2.64. The lowest BCUT2D eigenvalue weighted by Gasteiger charge is -2.46. The smallest absolute Gasteiger partial charge is 0.330 e. The molecule has 55 heavy (non-hydrogen) atoms. The van der Waals surface area contributed by atoms with Crippen LogP contribution >= 0.6 is 0 Å². The zero-order valence-electron chi connectivity index (χ0n) is 28.3. The first-order chi connectivity index (χ1) is 26.1. The van der Waals surface area contributed by atoms with Crippen molar-refractivity contribution in [3.05, 3.63) is 77.1 Å². The van der Waals surface area contributed by atoms with Gasteiger partial charge in [-0.3, -0.25) is 0 Å². The van der Waals surface area contributed by atoms with Crippen molar-refractivity contribution in [2.45, 2.75) is 67.5 Å². The number of hydrogen-bond acceptors (Lipinski definition) is 19. The number of benzene rings is 3. The number of carbonyl (C=O) groups excluding carboxylic acids is 1. The van der Waals surface area contributed by atoms with Gasteiger partial charge in [0.2, 0.25) is 6.29 Å². The van der Waals surface area contributed by atoms with Crippen LogP contribution in [0, 0.1) is 0 Å². The van der Waals surface area contributed by atoms with E-state index in [1.165, 1.54) is 42.5 Å². The molecule has 6 rings (SSSR count). The molecule has 0 aromatic heterocycles. The molecule has 3 aromatic carbocycles. The average molecular weight is 775 g/mol. The van der Waals surface area contributed by atoms with E-state index < -0.39 is 110 Å². The topological polar surface area (TPSA) is 315 Å². The Labute approximate surface area is 310 Å². The van der Waals surface area contributed by atoms with Crippen LogP contribution in [0.2, 0.25) is 0 Å². The molecule has 0 aliphatic carbocycles. The molecule has 0 amide bonds. The molecule has 0 bridgehead atoms. The van der Waals surface area contributed by atoms with E-state index in [1.54, 1.807) is 0 Å². The minimum atomic E-state index is -2.00. The third-order valence-electron chi connectivity index (χ3n) is 9.03. The van der Waals surface area contributed by atoms with Gasteiger partial charge in [-0.1, -0.05) is 12.1 Å². The number of carbonyl (C=O) groups is 1. The van der Waals surface area contributed by atoms with Crippen LogP contribution in [0.5, 0.6) is 40.2 Å². The van der Waals surface area contributed by atoms with Gasteiger partial charge in [-0.15, -0.1) is 0 Å². The summed E-state index contributed by atoms with van der Waals surface area (Å²) in [5.74, 6) is -3.89. The average Bonchev–Trinajstić information content (AvgIpc) is 3.15. The molecule has 11 unspecified atom stereocenters. The number of hydrogen-bond donors (Lipinski definition) is 12. The van der Waals surface area contributed by atoms with Crippen LogP contribution in [0.15, 0.2) is 60.4 Å². The predicted octanol–water partition coefficient (Wildman–Crippen LogP) is -0.700. The van der Waals surface area contributed by atoms with E-state index in [0.717, 1.165) is 24.3 Å². The van der Waals surface area contributed by atoms with Gasteiger partial charge in [-0.2, -0.15) is 0 Å². The van der Waals surface area contributed by atoms with E-state index in [0.29, 0.717) is 5.56 Å². The number of phenols is 6. The fourth-order valence-corrected chi connectivity index (χ4v) is 6.05. The monoisotopic (exact) mass is 774 g/mol. The third kappa shape index (κ3) is 8.34. The molecule has 296 valence electrons. The van der Waals surface area contributed by atoms with Crippen LogP contribution in [0.25, 0.3) is 12.2 Å². The Morgan fingerprint density at radius 3 is 2.07 bits per heavy atom. The lowest BCUT2D eigenvalue weighted by molar-refractivity contribution is -0.364. The molecule has 0 radical (unpaired) electrons. The first-order valence-electron chi connectivity index (χ1n) is 16.6. The second-order valence-corrected chi connectivity index (χ2v) is 12.8. The number of esters is 1. The molecule has 3 aromatic rings. The highest BCUT2D eigenvalue weighted by Crippen LogP contribution is 2.46. The van der Waals surface area contributed by atoms with Crippen molar-refractivity contribution in [1.29, 1.82) is 0 Å². The molecule has 3 heterocycles.